The molecule has 8 heteroatoms. The van der Waals surface area contributed by atoms with Gasteiger partial charge >= 0.3 is 0 Å². The summed E-state index contributed by atoms with van der Waals surface area (Å²) in [5, 5.41) is 4.11. The molecule has 0 spiro atoms. The van der Waals surface area contributed by atoms with Crippen LogP contribution in [0.15, 0.2) is 28.8 Å². The second-order valence-electron chi connectivity index (χ2n) is 6.86. The van der Waals surface area contributed by atoms with Crippen molar-refractivity contribution >= 4 is 5.91 Å². The molecule has 1 saturated heterocycles. The van der Waals surface area contributed by atoms with E-state index in [2.05, 4.69) is 19.9 Å². The number of piperazine rings is 1. The number of hydrogen-bond donors (Lipinski definition) is 0. The van der Waals surface area contributed by atoms with Crippen molar-refractivity contribution in [1.82, 2.24) is 24.8 Å². The van der Waals surface area contributed by atoms with Gasteiger partial charge in [-0.15, -0.1) is 0 Å². The Hall–Kier alpha value is -2.45. The number of amides is 1. The fraction of sp³-hybridized carbons (Fsp3) is 0.550. The van der Waals surface area contributed by atoms with Crippen LogP contribution in [0.1, 0.15) is 19.7 Å². The minimum Gasteiger partial charge on any atom is -0.497 e. The van der Waals surface area contributed by atoms with Crippen LogP contribution in [0.4, 0.5) is 0 Å². The molecule has 2 heterocycles. The van der Waals surface area contributed by atoms with E-state index in [0.717, 1.165) is 50.6 Å². The number of nitrogens with zero attached hydrogens (tertiary/aromatic N) is 5. The maximum absolute atomic E-state index is 12.3. The van der Waals surface area contributed by atoms with Crippen molar-refractivity contribution in [2.45, 2.75) is 20.4 Å². The molecule has 152 valence electrons. The molecule has 0 aliphatic carbocycles. The van der Waals surface area contributed by atoms with Crippen LogP contribution >= 0.6 is 0 Å². The number of carbonyl (C=O) groups is 1. The van der Waals surface area contributed by atoms with Gasteiger partial charge < -0.3 is 14.2 Å². The van der Waals surface area contributed by atoms with E-state index in [0.29, 0.717) is 24.8 Å². The molecular formula is C20H29N5O3. The molecule has 1 aliphatic rings. The number of carbonyl (C=O) groups excluding carboxylic acids is 1. The van der Waals surface area contributed by atoms with Crippen LogP contribution in [-0.4, -0.2) is 83.7 Å². The third-order valence-corrected chi connectivity index (χ3v) is 5.11. The topological polar surface area (TPSA) is 74.9 Å². The summed E-state index contributed by atoms with van der Waals surface area (Å²) in [5.41, 5.74) is 0.874. The molecule has 1 aromatic heterocycles. The van der Waals surface area contributed by atoms with Gasteiger partial charge in [-0.25, -0.2) is 0 Å². The Morgan fingerprint density at radius 3 is 2.36 bits per heavy atom. The van der Waals surface area contributed by atoms with Crippen LogP contribution in [-0.2, 0) is 11.3 Å². The summed E-state index contributed by atoms with van der Waals surface area (Å²) < 4.78 is 10.6. The second-order valence-corrected chi connectivity index (χ2v) is 6.86. The number of aromatic nitrogens is 2. The molecule has 28 heavy (non-hydrogen) atoms. The summed E-state index contributed by atoms with van der Waals surface area (Å²) in [5.74, 6) is 2.20. The van der Waals surface area contributed by atoms with Crippen LogP contribution < -0.4 is 4.74 Å². The lowest BCUT2D eigenvalue weighted by molar-refractivity contribution is -0.132. The van der Waals surface area contributed by atoms with Gasteiger partial charge in [-0.2, -0.15) is 4.98 Å². The highest BCUT2D eigenvalue weighted by molar-refractivity contribution is 5.78. The average molecular weight is 387 g/mol. The number of hydrogen-bond acceptors (Lipinski definition) is 7. The van der Waals surface area contributed by atoms with Crippen LogP contribution in [0.3, 0.4) is 0 Å². The summed E-state index contributed by atoms with van der Waals surface area (Å²) >= 11 is 0. The van der Waals surface area contributed by atoms with E-state index in [1.807, 2.05) is 43.0 Å². The zero-order valence-electron chi connectivity index (χ0n) is 16.9. The highest BCUT2D eigenvalue weighted by atomic mass is 16.5. The SMILES string of the molecule is CCN(CC)C(=O)CN1CCN(Cc2noc(-c3ccc(OC)cc3)n2)CC1. The van der Waals surface area contributed by atoms with Gasteiger partial charge in [0.2, 0.25) is 5.91 Å². The minimum absolute atomic E-state index is 0.209. The first-order chi connectivity index (χ1) is 13.6. The lowest BCUT2D eigenvalue weighted by Gasteiger charge is -2.34. The molecule has 2 aromatic rings. The molecular weight excluding hydrogens is 358 g/mol. The van der Waals surface area contributed by atoms with Crippen molar-refractivity contribution in [3.05, 3.63) is 30.1 Å². The molecule has 0 unspecified atom stereocenters. The third kappa shape index (κ3) is 5.08. The smallest absolute Gasteiger partial charge is 0.257 e. The van der Waals surface area contributed by atoms with E-state index in [-0.39, 0.29) is 5.91 Å². The summed E-state index contributed by atoms with van der Waals surface area (Å²) in [6.45, 7) is 10.2. The van der Waals surface area contributed by atoms with E-state index >= 15 is 0 Å². The largest absolute Gasteiger partial charge is 0.497 e. The fourth-order valence-corrected chi connectivity index (χ4v) is 3.34. The molecule has 1 aliphatic heterocycles. The third-order valence-electron chi connectivity index (χ3n) is 5.11. The fourth-order valence-electron chi connectivity index (χ4n) is 3.34. The van der Waals surface area contributed by atoms with E-state index in [1.165, 1.54) is 0 Å². The van der Waals surface area contributed by atoms with Gasteiger partial charge in [-0.1, -0.05) is 5.16 Å². The predicted octanol–water partition coefficient (Wildman–Crippen LogP) is 1.73. The molecule has 1 fully saturated rings. The first-order valence-corrected chi connectivity index (χ1v) is 9.82. The van der Waals surface area contributed by atoms with E-state index in [4.69, 9.17) is 9.26 Å². The van der Waals surface area contributed by atoms with E-state index in [9.17, 15) is 4.79 Å². The summed E-state index contributed by atoms with van der Waals surface area (Å²) in [7, 11) is 1.64. The van der Waals surface area contributed by atoms with Crippen LogP contribution in [0.25, 0.3) is 11.5 Å². The summed E-state index contributed by atoms with van der Waals surface area (Å²) in [6, 6.07) is 7.56. The van der Waals surface area contributed by atoms with Gasteiger partial charge in [-0.05, 0) is 38.1 Å². The second kappa shape index (κ2) is 9.66. The molecule has 0 N–H and O–H groups in total. The maximum atomic E-state index is 12.3. The van der Waals surface area contributed by atoms with Crippen molar-refractivity contribution in [1.29, 1.82) is 0 Å². The van der Waals surface area contributed by atoms with Gasteiger partial charge in [0.1, 0.15) is 5.75 Å². The highest BCUT2D eigenvalue weighted by Gasteiger charge is 2.22. The Morgan fingerprint density at radius 1 is 1.11 bits per heavy atom. The first-order valence-electron chi connectivity index (χ1n) is 9.82. The summed E-state index contributed by atoms with van der Waals surface area (Å²) in [4.78, 5) is 23.2. The Labute approximate surface area is 166 Å². The van der Waals surface area contributed by atoms with Gasteiger partial charge in [0.05, 0.1) is 20.2 Å². The summed E-state index contributed by atoms with van der Waals surface area (Å²) in [6.07, 6.45) is 0. The number of ether oxygens (including phenoxy) is 1. The van der Waals surface area contributed by atoms with E-state index in [1.54, 1.807) is 7.11 Å². The van der Waals surface area contributed by atoms with Crippen molar-refractivity contribution in [3.8, 4) is 17.2 Å². The average Bonchev–Trinajstić information content (AvgIpc) is 3.19. The van der Waals surface area contributed by atoms with Crippen LogP contribution in [0.5, 0.6) is 5.75 Å². The van der Waals surface area contributed by atoms with Gasteiger partial charge in [0, 0.05) is 44.8 Å². The minimum atomic E-state index is 0.209. The van der Waals surface area contributed by atoms with Gasteiger partial charge in [-0.3, -0.25) is 14.6 Å². The van der Waals surface area contributed by atoms with E-state index < -0.39 is 0 Å². The van der Waals surface area contributed by atoms with Crippen molar-refractivity contribution < 1.29 is 14.1 Å². The molecule has 1 amide bonds. The lowest BCUT2D eigenvalue weighted by atomic mass is 10.2. The van der Waals surface area contributed by atoms with Crippen molar-refractivity contribution in [2.24, 2.45) is 0 Å². The molecule has 0 bridgehead atoms. The number of benzene rings is 1. The molecule has 8 nitrogen and oxygen atoms in total. The number of methoxy groups -OCH3 is 1. The zero-order valence-corrected chi connectivity index (χ0v) is 16.9. The monoisotopic (exact) mass is 387 g/mol. The molecule has 0 radical (unpaired) electrons. The number of rotatable bonds is 8. The van der Waals surface area contributed by atoms with Crippen molar-refractivity contribution in [3.63, 3.8) is 0 Å². The molecule has 0 saturated carbocycles. The van der Waals surface area contributed by atoms with Crippen LogP contribution in [0.2, 0.25) is 0 Å². The maximum Gasteiger partial charge on any atom is 0.257 e. The normalized spacial score (nSPS) is 15.5. The van der Waals surface area contributed by atoms with Gasteiger partial charge in [0.15, 0.2) is 5.82 Å². The van der Waals surface area contributed by atoms with Gasteiger partial charge in [0.25, 0.3) is 5.89 Å². The molecule has 3 rings (SSSR count). The number of likely N-dealkylation sites (N-methyl/N-ethyl adjacent to an activating group) is 1. The molecule has 1 aromatic carbocycles. The first kappa shape index (κ1) is 20.3. The zero-order chi connectivity index (χ0) is 19.9. The Bertz CT molecular complexity index is 749. The predicted molar refractivity (Wildman–Crippen MR) is 106 cm³/mol. The Morgan fingerprint density at radius 2 is 1.75 bits per heavy atom. The van der Waals surface area contributed by atoms with Crippen LogP contribution in [0, 0.1) is 0 Å². The molecule has 0 atom stereocenters. The standard InChI is InChI=1S/C20H29N5O3/c1-4-25(5-2)19(26)15-24-12-10-23(11-13-24)14-18-21-20(28-22-18)16-6-8-17(27-3)9-7-16/h6-9H,4-5,10-15H2,1-3H3. The Kier molecular flexibility index (Phi) is 7.00. The Balaban J connectivity index is 1.48. The quantitative estimate of drug-likeness (QED) is 0.683. The lowest BCUT2D eigenvalue weighted by Crippen LogP contribution is -2.49. The highest BCUT2D eigenvalue weighted by Crippen LogP contribution is 2.21. The van der Waals surface area contributed by atoms with Crippen molar-refractivity contribution in [2.75, 3.05) is 52.9 Å².